The molecule has 4 aromatic carbocycles. The van der Waals surface area contributed by atoms with Crippen molar-refractivity contribution >= 4 is 99.4 Å². The first kappa shape index (κ1) is 61.5. The third-order valence-electron chi connectivity index (χ3n) is 14.0. The van der Waals surface area contributed by atoms with E-state index < -0.39 is 23.8 Å². The molecule has 5 N–H and O–H groups in total. The Bertz CT molecular complexity index is 3460. The Kier molecular flexibility index (Phi) is 20.7. The molecule has 0 bridgehead atoms. The lowest BCUT2D eigenvalue weighted by Crippen LogP contribution is -2.51. The molecule has 6 amide bonds. The zero-order valence-electron chi connectivity index (χ0n) is 48.3. The molecule has 0 radical (unpaired) electrons. The van der Waals surface area contributed by atoms with E-state index in [9.17, 15) is 28.8 Å². The first-order chi connectivity index (χ1) is 41.0. The van der Waals surface area contributed by atoms with Gasteiger partial charge in [-0.3, -0.25) is 38.8 Å². The summed E-state index contributed by atoms with van der Waals surface area (Å²) < 4.78 is 29.1. The molecule has 0 saturated heterocycles. The molecule has 85 heavy (non-hydrogen) atoms. The molecule has 3 aliphatic rings. The van der Waals surface area contributed by atoms with Gasteiger partial charge in [0.1, 0.15) is 22.8 Å². The molecular weight excluding hydrogens is 1110 g/mol. The number of amides is 6. The molecule has 22 nitrogen and oxygen atoms in total. The smallest absolute Gasteiger partial charge is 0.260 e. The van der Waals surface area contributed by atoms with Gasteiger partial charge in [-0.15, -0.1) is 0 Å². The predicted molar refractivity (Wildman–Crippen MR) is 326 cm³/mol. The zero-order chi connectivity index (χ0) is 60.7. The van der Waals surface area contributed by atoms with Crippen LogP contribution in [0.4, 0.5) is 28.8 Å². The van der Waals surface area contributed by atoms with Crippen LogP contribution in [0.15, 0.2) is 114 Å². The van der Waals surface area contributed by atoms with Crippen molar-refractivity contribution in [3.8, 4) is 28.7 Å². The van der Waals surface area contributed by atoms with Crippen LogP contribution < -0.4 is 50.3 Å². The Morgan fingerprint density at radius 3 is 2.07 bits per heavy atom. The molecule has 3 aliphatic heterocycles. The van der Waals surface area contributed by atoms with Gasteiger partial charge in [-0.25, -0.2) is 4.98 Å². The number of methoxy groups -OCH3 is 3. The lowest BCUT2D eigenvalue weighted by Gasteiger charge is -2.25. The van der Waals surface area contributed by atoms with Crippen molar-refractivity contribution in [2.24, 2.45) is 15.9 Å². The summed E-state index contributed by atoms with van der Waals surface area (Å²) in [6, 6.07) is 21.4. The second-order valence-corrected chi connectivity index (χ2v) is 20.7. The number of hydrogen-bond acceptors (Lipinski definition) is 16. The van der Waals surface area contributed by atoms with E-state index in [1.54, 1.807) is 85.8 Å². The molecule has 4 heterocycles. The topological polar surface area (TPSA) is 266 Å². The summed E-state index contributed by atoms with van der Waals surface area (Å²) in [5, 5.41) is 13.7. The van der Waals surface area contributed by atoms with Gasteiger partial charge in [-0.1, -0.05) is 63.2 Å². The Labute approximate surface area is 497 Å². The number of aliphatic imine (C=N–C) groups is 2. The molecule has 0 saturated carbocycles. The van der Waals surface area contributed by atoms with Crippen LogP contribution in [0.1, 0.15) is 91.6 Å². The minimum absolute atomic E-state index is 0.0763. The Balaban J connectivity index is 0.799. The number of benzene rings is 4. The van der Waals surface area contributed by atoms with E-state index in [1.807, 2.05) is 56.4 Å². The summed E-state index contributed by atoms with van der Waals surface area (Å²) in [6.45, 7) is 11.4. The van der Waals surface area contributed by atoms with Gasteiger partial charge in [0, 0.05) is 74.5 Å². The van der Waals surface area contributed by atoms with Crippen LogP contribution >= 0.6 is 11.6 Å². The number of carbonyl (C=O) groups excluding carboxylic acids is 6. The standard InChI is InChI=1S/C62H68ClN11O11/c1-9-42-31-65-47-28-51(49(82-7)26-45(47)60(79)73(42)34-37(5)38-16-20-44(81-6)21-17-38)84-23-12-24-85-52-29-48-46(27-50(52)83-8)61(80)74-35-40(25-43(74)32-66-48)39-14-18-41(19-15-39)68-57(77)33-67-59(78)58(36(3)4)72-56(76)13-11-22-64-62-69-53(63)30-54(71-62)70-55(75)10-2/h10,14-21,26-32,34-36,42-43,58H,2,9,11-13,22-25,33H2,1,3-8H3,(H,67,78)(H,68,77)(H,72,76)(H2,64,69,70,71,75)/b37-34+. The average Bonchev–Trinajstić information content (AvgIpc) is 2.40. The molecule has 0 fully saturated rings. The predicted octanol–water partition coefficient (Wildman–Crippen LogP) is 9.19. The number of fused-ring (bicyclic) bond motifs is 3. The molecule has 444 valence electrons. The van der Waals surface area contributed by atoms with Crippen LogP contribution in [-0.2, 0) is 19.2 Å². The summed E-state index contributed by atoms with van der Waals surface area (Å²) >= 11 is 6.04. The summed E-state index contributed by atoms with van der Waals surface area (Å²) in [7, 11) is 4.64. The number of allylic oxidation sites excluding steroid dienone is 1. The number of rotatable bonds is 26. The second-order valence-electron chi connectivity index (χ2n) is 20.3. The number of halogens is 1. The number of aromatic nitrogens is 2. The lowest BCUT2D eigenvalue weighted by atomic mass is 10.0. The fourth-order valence-electron chi connectivity index (χ4n) is 9.43. The van der Waals surface area contributed by atoms with Crippen molar-refractivity contribution in [3.05, 3.63) is 131 Å². The largest absolute Gasteiger partial charge is 0.497 e. The zero-order valence-corrected chi connectivity index (χ0v) is 49.1. The summed E-state index contributed by atoms with van der Waals surface area (Å²) in [5.41, 5.74) is 5.70. The maximum Gasteiger partial charge on any atom is 0.260 e. The molecule has 1 aromatic heterocycles. The van der Waals surface area contributed by atoms with Crippen molar-refractivity contribution in [1.82, 2.24) is 30.4 Å². The van der Waals surface area contributed by atoms with Crippen LogP contribution in [0, 0.1) is 5.92 Å². The maximum atomic E-state index is 14.1. The van der Waals surface area contributed by atoms with Crippen molar-refractivity contribution in [2.75, 3.05) is 63.6 Å². The minimum atomic E-state index is -0.893. The van der Waals surface area contributed by atoms with Gasteiger partial charge in [-0.2, -0.15) is 4.98 Å². The molecule has 0 spiro atoms. The van der Waals surface area contributed by atoms with Gasteiger partial charge in [0.15, 0.2) is 23.0 Å². The first-order valence-electron chi connectivity index (χ1n) is 27.7. The summed E-state index contributed by atoms with van der Waals surface area (Å²) in [5.74, 6) is 0.0915. The van der Waals surface area contributed by atoms with E-state index in [0.717, 1.165) is 34.1 Å². The fraction of sp³-hybridized carbons (Fsp3) is 0.323. The second kappa shape index (κ2) is 28.6. The number of nitrogens with zero attached hydrogens (tertiary/aromatic N) is 6. The molecular formula is C62H68ClN11O11. The third-order valence-corrected chi connectivity index (χ3v) is 14.2. The number of carbonyl (C=O) groups is 6. The van der Waals surface area contributed by atoms with Gasteiger partial charge >= 0.3 is 0 Å². The SMILES string of the molecule is C=CC(=O)Nc1cc(Cl)nc(NCCCC(=O)NC(C(=O)NCC(=O)Nc2ccc(C3=CN4C(=O)c5cc(OC)c(OCCCOc6cc7c(cc6OC)C(=O)N(/C=C(\C)c6ccc(OC)cc6)C(CC)C=N7)cc5N=CC4C3)cc2)C(C)C)n1. The summed E-state index contributed by atoms with van der Waals surface area (Å²) in [6.07, 6.45) is 10.3. The van der Waals surface area contributed by atoms with Crippen LogP contribution in [0.5, 0.6) is 28.7 Å². The van der Waals surface area contributed by atoms with Gasteiger partial charge < -0.3 is 60.1 Å². The van der Waals surface area contributed by atoms with Crippen LogP contribution in [-0.4, -0.2) is 133 Å². The van der Waals surface area contributed by atoms with Gasteiger partial charge in [0.2, 0.25) is 29.6 Å². The molecule has 23 heteroatoms. The minimum Gasteiger partial charge on any atom is -0.497 e. The number of ether oxygens (including phenoxy) is 5. The van der Waals surface area contributed by atoms with E-state index in [1.165, 1.54) is 20.3 Å². The molecule has 0 aliphatic carbocycles. The van der Waals surface area contributed by atoms with Crippen molar-refractivity contribution in [1.29, 1.82) is 0 Å². The molecule has 8 rings (SSSR count). The van der Waals surface area contributed by atoms with E-state index in [-0.39, 0.29) is 78.8 Å². The number of anilines is 3. The van der Waals surface area contributed by atoms with Crippen LogP contribution in [0.25, 0.3) is 11.1 Å². The Morgan fingerprint density at radius 1 is 0.788 bits per heavy atom. The highest BCUT2D eigenvalue weighted by Gasteiger charge is 2.34. The fourth-order valence-corrected chi connectivity index (χ4v) is 9.62. The van der Waals surface area contributed by atoms with Crippen molar-refractivity contribution < 1.29 is 52.5 Å². The highest BCUT2D eigenvalue weighted by atomic mass is 35.5. The highest BCUT2D eigenvalue weighted by molar-refractivity contribution is 6.29. The summed E-state index contributed by atoms with van der Waals surface area (Å²) in [4.78, 5) is 99.9. The van der Waals surface area contributed by atoms with E-state index in [4.69, 9.17) is 45.3 Å². The molecule has 3 unspecified atom stereocenters. The van der Waals surface area contributed by atoms with Crippen molar-refractivity contribution in [3.63, 3.8) is 0 Å². The van der Waals surface area contributed by atoms with Gasteiger partial charge in [-0.05, 0) is 90.4 Å². The quantitative estimate of drug-likeness (QED) is 0.0196. The lowest BCUT2D eigenvalue weighted by molar-refractivity contribution is -0.130. The highest BCUT2D eigenvalue weighted by Crippen LogP contribution is 2.41. The van der Waals surface area contributed by atoms with E-state index >= 15 is 0 Å². The number of nitrogens with one attached hydrogen (secondary N) is 5. The maximum absolute atomic E-state index is 14.1. The first-order valence-corrected chi connectivity index (χ1v) is 28.0. The van der Waals surface area contributed by atoms with Crippen molar-refractivity contribution in [2.45, 2.75) is 77.9 Å². The normalized spacial score (nSPS) is 15.5. The third kappa shape index (κ3) is 15.6. The molecule has 3 atom stereocenters. The van der Waals surface area contributed by atoms with Crippen LogP contribution in [0.2, 0.25) is 5.15 Å². The van der Waals surface area contributed by atoms with E-state index in [2.05, 4.69) is 43.1 Å². The van der Waals surface area contributed by atoms with Gasteiger partial charge in [0.05, 0.1) is 75.7 Å². The molecule has 5 aromatic rings. The Hall–Kier alpha value is -9.57. The van der Waals surface area contributed by atoms with Gasteiger partial charge in [0.25, 0.3) is 11.8 Å². The average molecular weight is 1180 g/mol. The number of hydrogen-bond donors (Lipinski definition) is 5. The Morgan fingerprint density at radius 2 is 1.45 bits per heavy atom. The monoisotopic (exact) mass is 1180 g/mol. The van der Waals surface area contributed by atoms with E-state index in [0.29, 0.717) is 83.4 Å². The van der Waals surface area contributed by atoms with Crippen LogP contribution in [0.3, 0.4) is 0 Å².